The predicted molar refractivity (Wildman–Crippen MR) is 177 cm³/mol. The number of anilines is 1. The summed E-state index contributed by atoms with van der Waals surface area (Å²) in [7, 11) is 0. The fraction of sp³-hybridized carbons (Fsp3) is 0.324. The number of para-hydroxylation sites is 1. The summed E-state index contributed by atoms with van der Waals surface area (Å²) in [5.41, 5.74) is 3.55. The monoisotopic (exact) mass is 714 g/mol. The number of nitrogens with two attached hydrogens (primary N) is 1. The van der Waals surface area contributed by atoms with E-state index >= 15 is 4.39 Å². The van der Waals surface area contributed by atoms with Crippen LogP contribution in [0.2, 0.25) is 0 Å². The molecule has 0 radical (unpaired) electrons. The van der Waals surface area contributed by atoms with Crippen molar-refractivity contribution in [1.82, 2.24) is 14.0 Å². The lowest BCUT2D eigenvalue weighted by molar-refractivity contribution is -0.384. The van der Waals surface area contributed by atoms with Crippen LogP contribution in [-0.4, -0.2) is 62.8 Å². The van der Waals surface area contributed by atoms with Crippen LogP contribution in [0.25, 0.3) is 0 Å². The summed E-state index contributed by atoms with van der Waals surface area (Å²) in [5.74, 6) is -2.35. The molecule has 1 aliphatic rings. The molecule has 0 spiro atoms. The zero-order valence-corrected chi connectivity index (χ0v) is 27.3. The molecule has 3 N–H and O–H groups in total. The second-order valence-electron chi connectivity index (χ2n) is 12.0. The van der Waals surface area contributed by atoms with E-state index in [0.29, 0.717) is 31.3 Å². The van der Waals surface area contributed by atoms with Crippen LogP contribution in [0.3, 0.4) is 0 Å². The van der Waals surface area contributed by atoms with Crippen LogP contribution in [-0.2, 0) is 30.6 Å². The number of nitro benzene ring substituents is 1. The van der Waals surface area contributed by atoms with Gasteiger partial charge in [0.1, 0.15) is 17.3 Å². The van der Waals surface area contributed by atoms with Gasteiger partial charge in [-0.15, -0.1) is 0 Å². The first-order valence-electron chi connectivity index (χ1n) is 15.7. The van der Waals surface area contributed by atoms with Crippen LogP contribution in [0.4, 0.5) is 28.9 Å². The van der Waals surface area contributed by atoms with Gasteiger partial charge >= 0.3 is 17.8 Å². The summed E-state index contributed by atoms with van der Waals surface area (Å²) in [6.45, 7) is 1.03. The molecule has 0 bridgehead atoms. The molecule has 51 heavy (non-hydrogen) atoms. The average Bonchev–Trinajstić information content (AvgIpc) is 3.08. The van der Waals surface area contributed by atoms with E-state index in [-0.39, 0.29) is 41.5 Å². The maximum absolute atomic E-state index is 15.0. The highest BCUT2D eigenvalue weighted by molar-refractivity contribution is 5.68. The SMILES string of the molecule is Cc1c(N2CCN(Cc3cccc([N+](=O)[O-])c3)CC2)c(=O)n(CC(N)c2ccccc2OCC(=O)O)c(=O)n1Cc1c(F)cccc1C(F)(F)F. The van der Waals surface area contributed by atoms with Gasteiger partial charge in [0, 0.05) is 61.7 Å². The van der Waals surface area contributed by atoms with E-state index in [1.165, 1.54) is 31.2 Å². The maximum Gasteiger partial charge on any atom is 0.416 e. The van der Waals surface area contributed by atoms with E-state index in [9.17, 15) is 37.7 Å². The Morgan fingerprint density at radius 2 is 1.69 bits per heavy atom. The summed E-state index contributed by atoms with van der Waals surface area (Å²) in [6, 6.07) is 13.7. The highest BCUT2D eigenvalue weighted by Gasteiger charge is 2.35. The first-order chi connectivity index (χ1) is 24.1. The molecule has 1 atom stereocenters. The summed E-state index contributed by atoms with van der Waals surface area (Å²) in [5, 5.41) is 20.3. The van der Waals surface area contributed by atoms with Gasteiger partial charge in [-0.05, 0) is 30.7 Å². The van der Waals surface area contributed by atoms with Crippen molar-refractivity contribution in [2.45, 2.75) is 38.8 Å². The fourth-order valence-electron chi connectivity index (χ4n) is 6.15. The number of aliphatic carboxylic acids is 1. The van der Waals surface area contributed by atoms with E-state index in [2.05, 4.69) is 0 Å². The molecule has 13 nitrogen and oxygen atoms in total. The zero-order valence-electron chi connectivity index (χ0n) is 27.3. The topological polar surface area (TPSA) is 166 Å². The number of rotatable bonds is 12. The molecule has 0 aliphatic carbocycles. The van der Waals surface area contributed by atoms with Crippen molar-refractivity contribution in [3.05, 3.63) is 131 Å². The van der Waals surface area contributed by atoms with Gasteiger partial charge in [0.15, 0.2) is 6.61 Å². The molecule has 0 amide bonds. The van der Waals surface area contributed by atoms with E-state index in [1.54, 1.807) is 29.2 Å². The van der Waals surface area contributed by atoms with Crippen molar-refractivity contribution in [3.8, 4) is 5.75 Å². The maximum atomic E-state index is 15.0. The number of alkyl halides is 3. The van der Waals surface area contributed by atoms with Crippen molar-refractivity contribution >= 4 is 17.3 Å². The summed E-state index contributed by atoms with van der Waals surface area (Å²) < 4.78 is 64.1. The number of ether oxygens (including phenoxy) is 1. The Morgan fingerprint density at radius 1 is 1.00 bits per heavy atom. The smallest absolute Gasteiger partial charge is 0.416 e. The minimum Gasteiger partial charge on any atom is -0.482 e. The van der Waals surface area contributed by atoms with Gasteiger partial charge in [0.25, 0.3) is 11.2 Å². The van der Waals surface area contributed by atoms with Gasteiger partial charge in [-0.2, -0.15) is 13.2 Å². The van der Waals surface area contributed by atoms with Crippen LogP contribution in [0.15, 0.2) is 76.3 Å². The Balaban J connectivity index is 1.53. The number of halogens is 4. The largest absolute Gasteiger partial charge is 0.482 e. The molecule has 0 saturated carbocycles. The molecule has 1 aromatic heterocycles. The number of carbonyl (C=O) groups is 1. The van der Waals surface area contributed by atoms with Crippen LogP contribution in [0.1, 0.15) is 34.0 Å². The summed E-state index contributed by atoms with van der Waals surface area (Å²) in [6.07, 6.45) is -4.94. The van der Waals surface area contributed by atoms with Gasteiger partial charge < -0.3 is 20.5 Å². The lowest BCUT2D eigenvalue weighted by Crippen LogP contribution is -2.51. The third kappa shape index (κ3) is 8.26. The number of carboxylic acids is 1. The van der Waals surface area contributed by atoms with Gasteiger partial charge in [-0.3, -0.25) is 28.9 Å². The molecule has 270 valence electrons. The lowest BCUT2D eigenvalue weighted by atomic mass is 10.1. The first kappa shape index (κ1) is 36.7. The third-order valence-electron chi connectivity index (χ3n) is 8.66. The molecule has 5 rings (SSSR count). The summed E-state index contributed by atoms with van der Waals surface area (Å²) in [4.78, 5) is 53.7. The minimum absolute atomic E-state index is 0.0112. The second kappa shape index (κ2) is 15.1. The number of nitrogens with zero attached hydrogens (tertiary/aromatic N) is 5. The standard InChI is InChI=1S/C34H34F4N6O7/c1-21-31(41-14-12-40(13-15-41)17-22-6-4-7-23(16-22)44(49)50)32(47)43(19-28(39)24-8-2-3-11-29(24)51-20-30(45)46)33(48)42(21)18-25-26(34(36,37)38)9-5-10-27(25)35/h2-11,16,28H,12-15,17-20,39H2,1H3,(H,45,46). The molecule has 2 heterocycles. The van der Waals surface area contributed by atoms with Crippen molar-refractivity contribution in [2.75, 3.05) is 37.7 Å². The number of benzene rings is 3. The second-order valence-corrected chi connectivity index (χ2v) is 12.0. The number of hydrogen-bond acceptors (Lipinski definition) is 9. The van der Waals surface area contributed by atoms with Crippen molar-refractivity contribution < 1.29 is 37.1 Å². The molecule has 4 aromatic rings. The Labute approximate surface area is 287 Å². The molecule has 1 unspecified atom stereocenters. The Kier molecular flexibility index (Phi) is 10.9. The first-order valence-corrected chi connectivity index (χ1v) is 15.7. The van der Waals surface area contributed by atoms with Crippen LogP contribution >= 0.6 is 0 Å². The number of nitro groups is 1. The Bertz CT molecular complexity index is 2060. The summed E-state index contributed by atoms with van der Waals surface area (Å²) >= 11 is 0. The van der Waals surface area contributed by atoms with Gasteiger partial charge in [-0.25, -0.2) is 14.0 Å². The molecule has 1 saturated heterocycles. The fourth-order valence-corrected chi connectivity index (χ4v) is 6.15. The van der Waals surface area contributed by atoms with E-state index in [4.69, 9.17) is 15.6 Å². The highest BCUT2D eigenvalue weighted by atomic mass is 19.4. The molecule has 1 fully saturated rings. The normalized spacial score (nSPS) is 14.4. The Hall–Kier alpha value is -5.55. The molecular formula is C34H34F4N6O7. The molecular weight excluding hydrogens is 680 g/mol. The van der Waals surface area contributed by atoms with Crippen molar-refractivity contribution in [3.63, 3.8) is 0 Å². The third-order valence-corrected chi connectivity index (χ3v) is 8.66. The van der Waals surface area contributed by atoms with Crippen molar-refractivity contribution in [2.24, 2.45) is 5.73 Å². The quantitative estimate of drug-likeness (QED) is 0.125. The van der Waals surface area contributed by atoms with Crippen LogP contribution in [0, 0.1) is 22.9 Å². The van der Waals surface area contributed by atoms with E-state index < -0.39 is 71.0 Å². The number of hydrogen-bond donors (Lipinski definition) is 2. The zero-order chi connectivity index (χ0) is 37.0. The highest BCUT2D eigenvalue weighted by Crippen LogP contribution is 2.34. The van der Waals surface area contributed by atoms with E-state index in [1.807, 2.05) is 4.90 Å². The Morgan fingerprint density at radius 3 is 2.35 bits per heavy atom. The average molecular weight is 715 g/mol. The lowest BCUT2D eigenvalue weighted by Gasteiger charge is -2.37. The molecule has 17 heteroatoms. The van der Waals surface area contributed by atoms with Crippen LogP contribution < -0.4 is 26.6 Å². The number of aromatic nitrogens is 2. The van der Waals surface area contributed by atoms with Gasteiger partial charge in [-0.1, -0.05) is 36.4 Å². The van der Waals surface area contributed by atoms with Crippen molar-refractivity contribution in [1.29, 1.82) is 0 Å². The van der Waals surface area contributed by atoms with E-state index in [0.717, 1.165) is 21.3 Å². The molecule has 3 aromatic carbocycles. The molecule has 1 aliphatic heterocycles. The number of piperazine rings is 1. The van der Waals surface area contributed by atoms with Gasteiger partial charge in [0.2, 0.25) is 0 Å². The number of carboxylic acid groups (broad SMARTS) is 1. The minimum atomic E-state index is -4.94. The van der Waals surface area contributed by atoms with Crippen LogP contribution in [0.5, 0.6) is 5.75 Å². The number of non-ortho nitro benzene ring substituents is 1. The van der Waals surface area contributed by atoms with Gasteiger partial charge in [0.05, 0.1) is 29.6 Å². The predicted octanol–water partition coefficient (Wildman–Crippen LogP) is 3.92.